The maximum absolute atomic E-state index is 13.2. The van der Waals surface area contributed by atoms with Crippen LogP contribution in [0.2, 0.25) is 10.0 Å². The molecule has 3 aromatic carbocycles. The zero-order valence-electron chi connectivity index (χ0n) is 18.2. The average Bonchev–Trinajstić information content (AvgIpc) is 2.83. The number of anilines is 2. The van der Waals surface area contributed by atoms with Crippen molar-refractivity contribution in [2.75, 3.05) is 43.6 Å². The van der Waals surface area contributed by atoms with Crippen LogP contribution in [0.15, 0.2) is 54.6 Å². The van der Waals surface area contributed by atoms with Crippen LogP contribution in [0.25, 0.3) is 0 Å². The van der Waals surface area contributed by atoms with E-state index in [1.165, 1.54) is 12.1 Å². The Morgan fingerprint density at radius 2 is 1.79 bits per heavy atom. The van der Waals surface area contributed by atoms with Crippen molar-refractivity contribution < 1.29 is 18.6 Å². The predicted octanol–water partition coefficient (Wildman–Crippen LogP) is 6.17. The Morgan fingerprint density at radius 3 is 2.52 bits per heavy atom. The second kappa shape index (κ2) is 11.0. The van der Waals surface area contributed by atoms with Crippen LogP contribution < -0.4 is 19.7 Å². The van der Waals surface area contributed by atoms with Gasteiger partial charge >= 0.3 is 0 Å². The lowest BCUT2D eigenvalue weighted by Crippen LogP contribution is -2.36. The standard InChI is InChI=1S/C25H25Cl2FN2O3/c1-31-25-12-17(2-7-24(25)33-16-18-3-4-19(28)13-21(18)26)15-29-20-5-6-23(22(27)14-20)30-8-10-32-11-9-30/h2-7,12-14,29H,8-11,15-16H2,1H3. The van der Waals surface area contributed by atoms with Crippen LogP contribution in [-0.4, -0.2) is 33.4 Å². The summed E-state index contributed by atoms with van der Waals surface area (Å²) < 4.78 is 30.0. The number of benzene rings is 3. The van der Waals surface area contributed by atoms with Crippen LogP contribution in [-0.2, 0) is 17.9 Å². The van der Waals surface area contributed by atoms with Gasteiger partial charge in [0.15, 0.2) is 11.5 Å². The minimum Gasteiger partial charge on any atom is -0.493 e. The maximum atomic E-state index is 13.2. The summed E-state index contributed by atoms with van der Waals surface area (Å²) in [7, 11) is 1.59. The van der Waals surface area contributed by atoms with E-state index < -0.39 is 0 Å². The van der Waals surface area contributed by atoms with Gasteiger partial charge in [0.05, 0.1) is 36.1 Å². The highest BCUT2D eigenvalue weighted by Gasteiger charge is 2.14. The molecule has 0 amide bonds. The van der Waals surface area contributed by atoms with Crippen LogP contribution in [0, 0.1) is 5.82 Å². The quantitative estimate of drug-likeness (QED) is 0.408. The molecule has 0 atom stereocenters. The molecule has 0 spiro atoms. The van der Waals surface area contributed by atoms with Crippen LogP contribution in [0.5, 0.6) is 11.5 Å². The molecular formula is C25H25Cl2FN2O3. The third kappa shape index (κ3) is 6.02. The second-order valence-corrected chi connectivity index (χ2v) is 8.44. The van der Waals surface area contributed by atoms with Gasteiger partial charge in [-0.05, 0) is 48.0 Å². The highest BCUT2D eigenvalue weighted by molar-refractivity contribution is 6.33. The van der Waals surface area contributed by atoms with Gasteiger partial charge in [-0.2, -0.15) is 0 Å². The van der Waals surface area contributed by atoms with E-state index in [-0.39, 0.29) is 12.4 Å². The topological polar surface area (TPSA) is 43.0 Å². The van der Waals surface area contributed by atoms with Crippen molar-refractivity contribution >= 4 is 34.6 Å². The Balaban J connectivity index is 1.38. The number of morpholine rings is 1. The lowest BCUT2D eigenvalue weighted by Gasteiger charge is -2.29. The lowest BCUT2D eigenvalue weighted by molar-refractivity contribution is 0.122. The van der Waals surface area contributed by atoms with E-state index in [0.717, 1.165) is 43.2 Å². The van der Waals surface area contributed by atoms with Crippen LogP contribution >= 0.6 is 23.2 Å². The number of halogens is 3. The third-order valence-corrected chi connectivity index (χ3v) is 6.08. The van der Waals surface area contributed by atoms with Gasteiger partial charge in [-0.1, -0.05) is 35.3 Å². The van der Waals surface area contributed by atoms with Gasteiger partial charge in [-0.15, -0.1) is 0 Å². The summed E-state index contributed by atoms with van der Waals surface area (Å²) >= 11 is 12.6. The number of hydrogen-bond donors (Lipinski definition) is 1. The molecule has 1 saturated heterocycles. The summed E-state index contributed by atoms with van der Waals surface area (Å²) in [5.74, 6) is 0.808. The largest absolute Gasteiger partial charge is 0.493 e. The molecule has 1 aliphatic rings. The molecule has 1 heterocycles. The molecule has 0 aliphatic carbocycles. The van der Waals surface area contributed by atoms with Gasteiger partial charge in [0.1, 0.15) is 12.4 Å². The molecule has 0 radical (unpaired) electrons. The summed E-state index contributed by atoms with van der Waals surface area (Å²) in [6.45, 7) is 3.92. The summed E-state index contributed by atoms with van der Waals surface area (Å²) in [5.41, 5.74) is 3.67. The van der Waals surface area contributed by atoms with Gasteiger partial charge in [0.2, 0.25) is 0 Å². The summed E-state index contributed by atoms with van der Waals surface area (Å²) in [6.07, 6.45) is 0. The summed E-state index contributed by atoms with van der Waals surface area (Å²) in [6, 6.07) is 16.0. The molecular weight excluding hydrogens is 466 g/mol. The zero-order chi connectivity index (χ0) is 23.2. The van der Waals surface area contributed by atoms with E-state index in [0.29, 0.717) is 33.7 Å². The highest BCUT2D eigenvalue weighted by Crippen LogP contribution is 2.32. The van der Waals surface area contributed by atoms with Crippen LogP contribution in [0.3, 0.4) is 0 Å². The van der Waals surface area contributed by atoms with Gasteiger partial charge < -0.3 is 24.4 Å². The first kappa shape index (κ1) is 23.5. The molecule has 4 rings (SSSR count). The van der Waals surface area contributed by atoms with Crippen molar-refractivity contribution in [3.63, 3.8) is 0 Å². The van der Waals surface area contributed by atoms with E-state index in [4.69, 9.17) is 37.4 Å². The van der Waals surface area contributed by atoms with Gasteiger partial charge in [-0.3, -0.25) is 0 Å². The summed E-state index contributed by atoms with van der Waals surface area (Å²) in [4.78, 5) is 2.23. The van der Waals surface area contributed by atoms with Gasteiger partial charge in [-0.25, -0.2) is 4.39 Å². The Hall–Kier alpha value is -2.67. The third-order valence-electron chi connectivity index (χ3n) is 5.42. The number of rotatable bonds is 8. The molecule has 1 fully saturated rings. The van der Waals surface area contributed by atoms with E-state index in [1.54, 1.807) is 13.2 Å². The summed E-state index contributed by atoms with van der Waals surface area (Å²) in [5, 5.41) is 4.43. The van der Waals surface area contributed by atoms with Crippen molar-refractivity contribution in [3.05, 3.63) is 81.6 Å². The van der Waals surface area contributed by atoms with Crippen molar-refractivity contribution in [2.24, 2.45) is 0 Å². The molecule has 1 aliphatic heterocycles. The fraction of sp³-hybridized carbons (Fsp3) is 0.280. The fourth-order valence-corrected chi connectivity index (χ4v) is 4.14. The maximum Gasteiger partial charge on any atom is 0.161 e. The number of hydrogen-bond acceptors (Lipinski definition) is 5. The predicted molar refractivity (Wildman–Crippen MR) is 131 cm³/mol. The van der Waals surface area contributed by atoms with E-state index in [1.807, 2.05) is 36.4 Å². The fourth-order valence-electron chi connectivity index (χ4n) is 3.62. The molecule has 1 N–H and O–H groups in total. The lowest BCUT2D eigenvalue weighted by atomic mass is 10.2. The van der Waals surface area contributed by atoms with E-state index in [9.17, 15) is 4.39 Å². The van der Waals surface area contributed by atoms with Crippen molar-refractivity contribution in [3.8, 4) is 11.5 Å². The number of nitrogens with zero attached hydrogens (tertiary/aromatic N) is 1. The Bertz CT molecular complexity index is 1110. The molecule has 8 heteroatoms. The van der Waals surface area contributed by atoms with E-state index >= 15 is 0 Å². The van der Waals surface area contributed by atoms with Crippen LogP contribution in [0.1, 0.15) is 11.1 Å². The molecule has 0 saturated carbocycles. The molecule has 33 heavy (non-hydrogen) atoms. The number of methoxy groups -OCH3 is 1. The Morgan fingerprint density at radius 1 is 0.970 bits per heavy atom. The first-order valence-electron chi connectivity index (χ1n) is 10.6. The van der Waals surface area contributed by atoms with Crippen molar-refractivity contribution in [1.29, 1.82) is 0 Å². The van der Waals surface area contributed by atoms with Crippen molar-refractivity contribution in [1.82, 2.24) is 0 Å². The second-order valence-electron chi connectivity index (χ2n) is 7.63. The number of ether oxygens (including phenoxy) is 3. The SMILES string of the molecule is COc1cc(CNc2ccc(N3CCOCC3)c(Cl)c2)ccc1OCc1ccc(F)cc1Cl. The average molecular weight is 491 g/mol. The normalized spacial score (nSPS) is 13.6. The minimum absolute atomic E-state index is 0.209. The molecule has 174 valence electrons. The van der Waals surface area contributed by atoms with Gasteiger partial charge in [0.25, 0.3) is 0 Å². The smallest absolute Gasteiger partial charge is 0.161 e. The molecule has 5 nitrogen and oxygen atoms in total. The molecule has 3 aromatic rings. The zero-order valence-corrected chi connectivity index (χ0v) is 19.8. The highest BCUT2D eigenvalue weighted by atomic mass is 35.5. The monoisotopic (exact) mass is 490 g/mol. The molecule has 0 unspecified atom stereocenters. The van der Waals surface area contributed by atoms with E-state index in [2.05, 4.69) is 10.2 Å². The number of nitrogens with one attached hydrogen (secondary N) is 1. The molecule has 0 aromatic heterocycles. The minimum atomic E-state index is -0.379. The molecule has 0 bridgehead atoms. The first-order chi connectivity index (χ1) is 16.0. The Labute approximate surface area is 203 Å². The van der Waals surface area contributed by atoms with Gasteiger partial charge in [0, 0.05) is 30.9 Å². The Kier molecular flexibility index (Phi) is 7.81. The first-order valence-corrected chi connectivity index (χ1v) is 11.4. The van der Waals surface area contributed by atoms with Crippen LogP contribution in [0.4, 0.5) is 15.8 Å². The van der Waals surface area contributed by atoms with Crippen molar-refractivity contribution in [2.45, 2.75) is 13.2 Å².